The van der Waals surface area contributed by atoms with Gasteiger partial charge in [-0.3, -0.25) is 0 Å². The zero-order chi connectivity index (χ0) is 16.7. The van der Waals surface area contributed by atoms with Crippen molar-refractivity contribution in [3.8, 4) is 6.07 Å². The second-order valence-electron chi connectivity index (χ2n) is 5.61. The Bertz CT molecular complexity index is 1100. The van der Waals surface area contributed by atoms with E-state index in [9.17, 15) is 0 Å². The van der Waals surface area contributed by atoms with E-state index in [2.05, 4.69) is 20.6 Å². The minimum atomic E-state index is 0.173. The van der Waals surface area contributed by atoms with Gasteiger partial charge in [-0.2, -0.15) is 10.2 Å². The summed E-state index contributed by atoms with van der Waals surface area (Å²) in [6.07, 6.45) is 2.01. The lowest BCUT2D eigenvalue weighted by Gasteiger charge is -2.08. The molecule has 4 rings (SSSR count). The van der Waals surface area contributed by atoms with Crippen LogP contribution in [0.15, 0.2) is 48.7 Å². The molecular weight excluding hydrogens is 300 g/mol. The maximum absolute atomic E-state index is 8.88. The van der Waals surface area contributed by atoms with Gasteiger partial charge in [0.05, 0.1) is 22.7 Å². The van der Waals surface area contributed by atoms with Crippen molar-refractivity contribution in [3.63, 3.8) is 0 Å². The summed E-state index contributed by atoms with van der Waals surface area (Å²) in [7, 11) is 0. The predicted octanol–water partition coefficient (Wildman–Crippen LogP) is 2.67. The van der Waals surface area contributed by atoms with Crippen LogP contribution in [0.4, 0.5) is 11.8 Å². The van der Waals surface area contributed by atoms with Crippen LogP contribution in [0.2, 0.25) is 0 Å². The maximum atomic E-state index is 8.88. The molecule has 116 valence electrons. The third-order valence-electron chi connectivity index (χ3n) is 4.10. The van der Waals surface area contributed by atoms with Crippen molar-refractivity contribution >= 4 is 33.6 Å². The molecule has 4 aromatic rings. The number of fused-ring (bicyclic) bond motifs is 3. The smallest absolute Gasteiger partial charge is 0.222 e. The maximum Gasteiger partial charge on any atom is 0.222 e. The van der Waals surface area contributed by atoms with Crippen LogP contribution in [0.3, 0.4) is 0 Å². The van der Waals surface area contributed by atoms with Crippen LogP contribution < -0.4 is 11.5 Å². The quantitative estimate of drug-likeness (QED) is 0.591. The third-order valence-corrected chi connectivity index (χ3v) is 4.10. The minimum absolute atomic E-state index is 0.173. The molecule has 6 nitrogen and oxygen atoms in total. The number of nitriles is 1. The summed E-state index contributed by atoms with van der Waals surface area (Å²) in [5, 5.41) is 10.7. The van der Waals surface area contributed by atoms with Crippen molar-refractivity contribution in [2.45, 2.75) is 6.54 Å². The summed E-state index contributed by atoms with van der Waals surface area (Å²) in [5.74, 6) is 0.562. The van der Waals surface area contributed by atoms with Gasteiger partial charge in [-0.05, 0) is 35.9 Å². The number of hydrogen-bond donors (Lipinski definition) is 2. The lowest BCUT2D eigenvalue weighted by molar-refractivity contribution is 0.837. The van der Waals surface area contributed by atoms with E-state index >= 15 is 0 Å². The van der Waals surface area contributed by atoms with Crippen molar-refractivity contribution in [2.24, 2.45) is 0 Å². The van der Waals surface area contributed by atoms with Crippen molar-refractivity contribution in [3.05, 3.63) is 59.8 Å². The van der Waals surface area contributed by atoms with Crippen LogP contribution in [-0.4, -0.2) is 14.5 Å². The second-order valence-corrected chi connectivity index (χ2v) is 5.61. The lowest BCUT2D eigenvalue weighted by atomic mass is 10.1. The van der Waals surface area contributed by atoms with Crippen molar-refractivity contribution < 1.29 is 0 Å². The highest BCUT2D eigenvalue weighted by Crippen LogP contribution is 2.28. The zero-order valence-electron chi connectivity index (χ0n) is 12.8. The highest BCUT2D eigenvalue weighted by atomic mass is 15.0. The van der Waals surface area contributed by atoms with Gasteiger partial charge < -0.3 is 16.0 Å². The van der Waals surface area contributed by atoms with Gasteiger partial charge in [0.15, 0.2) is 0 Å². The van der Waals surface area contributed by atoms with E-state index in [0.29, 0.717) is 17.9 Å². The van der Waals surface area contributed by atoms with Gasteiger partial charge in [-0.1, -0.05) is 12.1 Å². The summed E-state index contributed by atoms with van der Waals surface area (Å²) in [5.41, 5.74) is 15.3. The van der Waals surface area contributed by atoms with Crippen LogP contribution in [0, 0.1) is 11.3 Å². The molecule has 0 radical (unpaired) electrons. The van der Waals surface area contributed by atoms with Gasteiger partial charge in [0, 0.05) is 23.5 Å². The van der Waals surface area contributed by atoms with Crippen molar-refractivity contribution in [1.29, 1.82) is 5.26 Å². The van der Waals surface area contributed by atoms with E-state index < -0.39 is 0 Å². The Morgan fingerprint density at radius 3 is 2.50 bits per heavy atom. The normalized spacial score (nSPS) is 11.0. The summed E-state index contributed by atoms with van der Waals surface area (Å²) < 4.78 is 2.13. The fraction of sp³-hybridized carbons (Fsp3) is 0.0556. The SMILES string of the molecule is N#Cc1ccc(Cn2ccc3c4nc(N)nc(N)c4ccc32)cc1. The molecule has 0 aliphatic carbocycles. The van der Waals surface area contributed by atoms with Crippen LogP contribution in [0.25, 0.3) is 21.8 Å². The Morgan fingerprint density at radius 2 is 1.75 bits per heavy atom. The molecule has 0 spiro atoms. The average molecular weight is 314 g/mol. The van der Waals surface area contributed by atoms with E-state index in [-0.39, 0.29) is 5.95 Å². The standard InChI is InChI=1S/C18H14N6/c19-9-11-1-3-12(4-2-11)10-24-8-7-13-15(24)6-5-14-16(13)22-18(21)23-17(14)20/h1-8H,10H2,(H4,20,21,22,23). The number of hydrogen-bond acceptors (Lipinski definition) is 5. The van der Waals surface area contributed by atoms with E-state index in [1.807, 2.05) is 48.7 Å². The first-order valence-corrected chi connectivity index (χ1v) is 7.45. The lowest BCUT2D eigenvalue weighted by Crippen LogP contribution is -2.01. The number of aromatic nitrogens is 3. The second kappa shape index (κ2) is 5.25. The number of nitrogen functional groups attached to an aromatic ring is 2. The highest BCUT2D eigenvalue weighted by Gasteiger charge is 2.10. The van der Waals surface area contributed by atoms with E-state index in [4.69, 9.17) is 16.7 Å². The Balaban J connectivity index is 1.82. The van der Waals surface area contributed by atoms with Gasteiger partial charge in [0.2, 0.25) is 5.95 Å². The number of anilines is 2. The molecule has 0 amide bonds. The summed E-state index contributed by atoms with van der Waals surface area (Å²) >= 11 is 0. The zero-order valence-corrected chi connectivity index (χ0v) is 12.8. The molecule has 0 aliphatic rings. The van der Waals surface area contributed by atoms with Crippen molar-refractivity contribution in [1.82, 2.24) is 14.5 Å². The molecular formula is C18H14N6. The van der Waals surface area contributed by atoms with Crippen LogP contribution in [0.5, 0.6) is 0 Å². The topological polar surface area (TPSA) is 107 Å². The van der Waals surface area contributed by atoms with Crippen molar-refractivity contribution in [2.75, 3.05) is 11.5 Å². The molecule has 0 aliphatic heterocycles. The molecule has 0 atom stereocenters. The van der Waals surface area contributed by atoms with Crippen LogP contribution in [0.1, 0.15) is 11.1 Å². The van der Waals surface area contributed by atoms with Gasteiger partial charge in [0.25, 0.3) is 0 Å². The molecule has 6 heteroatoms. The number of nitrogens with two attached hydrogens (primary N) is 2. The van der Waals surface area contributed by atoms with Gasteiger partial charge in [0.1, 0.15) is 5.82 Å². The molecule has 4 N–H and O–H groups in total. The summed E-state index contributed by atoms with van der Waals surface area (Å²) in [6.45, 7) is 0.705. The number of benzene rings is 2. The first-order valence-electron chi connectivity index (χ1n) is 7.45. The average Bonchev–Trinajstić information content (AvgIpc) is 2.99. The summed E-state index contributed by atoms with van der Waals surface area (Å²) in [4.78, 5) is 8.36. The number of rotatable bonds is 2. The first-order chi connectivity index (χ1) is 11.7. The molecule has 0 saturated heterocycles. The third kappa shape index (κ3) is 2.20. The molecule has 2 aromatic carbocycles. The molecule has 24 heavy (non-hydrogen) atoms. The molecule has 2 aromatic heterocycles. The predicted molar refractivity (Wildman–Crippen MR) is 94.1 cm³/mol. The van der Waals surface area contributed by atoms with Gasteiger partial charge in [-0.15, -0.1) is 0 Å². The molecule has 2 heterocycles. The molecule has 0 saturated carbocycles. The molecule has 0 fully saturated rings. The van der Waals surface area contributed by atoms with Crippen LogP contribution in [-0.2, 0) is 6.54 Å². The van der Waals surface area contributed by atoms with E-state index in [1.165, 1.54) is 0 Å². The number of nitrogens with zero attached hydrogens (tertiary/aromatic N) is 4. The van der Waals surface area contributed by atoms with E-state index in [0.717, 1.165) is 27.4 Å². The largest absolute Gasteiger partial charge is 0.383 e. The fourth-order valence-corrected chi connectivity index (χ4v) is 2.93. The monoisotopic (exact) mass is 314 g/mol. The minimum Gasteiger partial charge on any atom is -0.383 e. The highest BCUT2D eigenvalue weighted by molar-refractivity contribution is 6.07. The van der Waals surface area contributed by atoms with Gasteiger partial charge >= 0.3 is 0 Å². The van der Waals surface area contributed by atoms with E-state index in [1.54, 1.807) is 0 Å². The first kappa shape index (κ1) is 14.0. The Morgan fingerprint density at radius 1 is 0.958 bits per heavy atom. The van der Waals surface area contributed by atoms with Crippen LogP contribution >= 0.6 is 0 Å². The Kier molecular flexibility index (Phi) is 3.07. The molecule has 0 unspecified atom stereocenters. The fourth-order valence-electron chi connectivity index (χ4n) is 2.93. The van der Waals surface area contributed by atoms with Gasteiger partial charge in [-0.25, -0.2) is 4.98 Å². The Hall–Kier alpha value is -3.59. The Labute approximate surface area is 138 Å². The summed E-state index contributed by atoms with van der Waals surface area (Å²) in [6, 6.07) is 15.6. The molecule has 0 bridgehead atoms.